The molecular weight excluding hydrogens is 194 g/mol. The van der Waals surface area contributed by atoms with Crippen molar-refractivity contribution in [2.45, 2.75) is 51.5 Å². The fourth-order valence-electron chi connectivity index (χ4n) is 1.94. The molecule has 1 fully saturated rings. The van der Waals surface area contributed by atoms with Crippen molar-refractivity contribution in [1.29, 1.82) is 0 Å². The zero-order valence-electron chi connectivity index (χ0n) is 9.39. The fourth-order valence-corrected chi connectivity index (χ4v) is 1.94. The average Bonchev–Trinajstić information content (AvgIpc) is 2.67. The molecule has 4 nitrogen and oxygen atoms in total. The molecular formula is C11H21NO3. The van der Waals surface area contributed by atoms with E-state index in [1.165, 1.54) is 38.5 Å². The molecule has 1 rings (SSSR count). The number of nitrogens with zero attached hydrogens (tertiary/aromatic N) is 1. The second kappa shape index (κ2) is 9.49. The van der Waals surface area contributed by atoms with Crippen molar-refractivity contribution in [2.24, 2.45) is 0 Å². The number of amides is 1. The Hall–Kier alpha value is -1.06. The van der Waals surface area contributed by atoms with Crippen LogP contribution >= 0.6 is 0 Å². The maximum absolute atomic E-state index is 10.6. The van der Waals surface area contributed by atoms with Gasteiger partial charge in [-0.3, -0.25) is 9.59 Å². The van der Waals surface area contributed by atoms with Crippen molar-refractivity contribution >= 4 is 12.9 Å². The zero-order valence-corrected chi connectivity index (χ0v) is 9.39. The number of likely N-dealkylation sites (tertiary alicyclic amines) is 1. The lowest BCUT2D eigenvalue weighted by molar-refractivity contribution is -0.123. The van der Waals surface area contributed by atoms with E-state index in [1.54, 1.807) is 0 Å². The quantitative estimate of drug-likeness (QED) is 0.562. The number of carbonyl (C=O) groups excluding carboxylic acids is 1. The summed E-state index contributed by atoms with van der Waals surface area (Å²) < 4.78 is 0. The van der Waals surface area contributed by atoms with E-state index in [1.807, 2.05) is 4.90 Å². The van der Waals surface area contributed by atoms with Crippen LogP contribution in [0, 0.1) is 0 Å². The lowest BCUT2D eigenvalue weighted by Crippen LogP contribution is -2.27. The first-order valence-electron chi connectivity index (χ1n) is 5.59. The smallest absolute Gasteiger partial charge is 0.290 e. The van der Waals surface area contributed by atoms with Crippen molar-refractivity contribution < 1.29 is 14.7 Å². The first-order valence-corrected chi connectivity index (χ1v) is 5.59. The third-order valence-electron chi connectivity index (χ3n) is 2.70. The summed E-state index contributed by atoms with van der Waals surface area (Å²) >= 11 is 0. The molecule has 1 heterocycles. The van der Waals surface area contributed by atoms with E-state index in [4.69, 9.17) is 9.90 Å². The standard InChI is InChI=1S/C10H19NO.CH2O2/c1-2-3-4-6-10-7-5-8-11(10)9-12;2-1-3/h9-10H,2-8H2,1H3;1H,(H,2,3). The summed E-state index contributed by atoms with van der Waals surface area (Å²) in [5.41, 5.74) is 0. The summed E-state index contributed by atoms with van der Waals surface area (Å²) in [6, 6.07) is 0.564. The van der Waals surface area contributed by atoms with Gasteiger partial charge in [0.25, 0.3) is 6.47 Å². The van der Waals surface area contributed by atoms with E-state index in [9.17, 15) is 4.79 Å². The maximum atomic E-state index is 10.6. The second-order valence-corrected chi connectivity index (χ2v) is 3.74. The third-order valence-corrected chi connectivity index (χ3v) is 2.70. The minimum atomic E-state index is -0.250. The van der Waals surface area contributed by atoms with Crippen molar-refractivity contribution in [1.82, 2.24) is 4.90 Å². The minimum absolute atomic E-state index is 0.250. The molecule has 1 atom stereocenters. The summed E-state index contributed by atoms with van der Waals surface area (Å²) in [4.78, 5) is 20.9. The lowest BCUT2D eigenvalue weighted by atomic mass is 10.1. The monoisotopic (exact) mass is 215 g/mol. The van der Waals surface area contributed by atoms with Gasteiger partial charge in [-0.1, -0.05) is 26.2 Å². The second-order valence-electron chi connectivity index (χ2n) is 3.74. The Kier molecular flexibility index (Phi) is 8.82. The highest BCUT2D eigenvalue weighted by Crippen LogP contribution is 2.20. The van der Waals surface area contributed by atoms with Crippen molar-refractivity contribution in [3.63, 3.8) is 0 Å². The van der Waals surface area contributed by atoms with Crippen LogP contribution in [-0.4, -0.2) is 35.5 Å². The molecule has 0 spiro atoms. The van der Waals surface area contributed by atoms with Gasteiger partial charge in [0.1, 0.15) is 0 Å². The normalized spacial score (nSPS) is 19.3. The lowest BCUT2D eigenvalue weighted by Gasteiger charge is -2.19. The number of hydrogen-bond donors (Lipinski definition) is 1. The summed E-state index contributed by atoms with van der Waals surface area (Å²) in [5.74, 6) is 0. The van der Waals surface area contributed by atoms with E-state index < -0.39 is 0 Å². The van der Waals surface area contributed by atoms with Gasteiger partial charge in [0.05, 0.1) is 0 Å². The summed E-state index contributed by atoms with van der Waals surface area (Å²) in [5, 5.41) is 6.89. The van der Waals surface area contributed by atoms with Gasteiger partial charge < -0.3 is 10.0 Å². The van der Waals surface area contributed by atoms with E-state index in [0.29, 0.717) is 6.04 Å². The molecule has 4 heteroatoms. The molecule has 0 radical (unpaired) electrons. The van der Waals surface area contributed by atoms with Gasteiger partial charge in [0, 0.05) is 12.6 Å². The summed E-state index contributed by atoms with van der Waals surface area (Å²) in [6.07, 6.45) is 8.52. The number of rotatable bonds is 5. The van der Waals surface area contributed by atoms with Gasteiger partial charge in [0.15, 0.2) is 0 Å². The predicted molar refractivity (Wildman–Crippen MR) is 58.6 cm³/mol. The molecule has 1 amide bonds. The van der Waals surface area contributed by atoms with Gasteiger partial charge in [-0.15, -0.1) is 0 Å². The SMILES string of the molecule is CCCCCC1CCCN1C=O.O=CO. The van der Waals surface area contributed by atoms with Crippen LogP contribution in [0.25, 0.3) is 0 Å². The molecule has 1 N–H and O–H groups in total. The Balaban J connectivity index is 0.000000583. The zero-order chi connectivity index (χ0) is 11.5. The van der Waals surface area contributed by atoms with Gasteiger partial charge >= 0.3 is 0 Å². The highest BCUT2D eigenvalue weighted by Gasteiger charge is 2.21. The van der Waals surface area contributed by atoms with E-state index in [0.717, 1.165) is 13.0 Å². The van der Waals surface area contributed by atoms with E-state index in [2.05, 4.69) is 6.92 Å². The van der Waals surface area contributed by atoms with Crippen LogP contribution in [0.3, 0.4) is 0 Å². The van der Waals surface area contributed by atoms with Gasteiger partial charge in [-0.2, -0.15) is 0 Å². The number of carboxylic acid groups (broad SMARTS) is 1. The van der Waals surface area contributed by atoms with Gasteiger partial charge in [-0.25, -0.2) is 0 Å². The summed E-state index contributed by atoms with van der Waals surface area (Å²) in [7, 11) is 0. The Labute approximate surface area is 91.3 Å². The molecule has 0 bridgehead atoms. The molecule has 0 aliphatic carbocycles. The summed E-state index contributed by atoms with van der Waals surface area (Å²) in [6.45, 7) is 2.95. The molecule has 1 aliphatic heterocycles. The number of hydrogen-bond acceptors (Lipinski definition) is 2. The van der Waals surface area contributed by atoms with Crippen LogP contribution in [0.2, 0.25) is 0 Å². The molecule has 0 aromatic heterocycles. The van der Waals surface area contributed by atoms with Crippen LogP contribution in [0.4, 0.5) is 0 Å². The van der Waals surface area contributed by atoms with E-state index in [-0.39, 0.29) is 6.47 Å². The Morgan fingerprint density at radius 2 is 2.07 bits per heavy atom. The molecule has 0 aromatic carbocycles. The molecule has 1 saturated heterocycles. The van der Waals surface area contributed by atoms with Crippen LogP contribution < -0.4 is 0 Å². The minimum Gasteiger partial charge on any atom is -0.483 e. The Morgan fingerprint density at radius 3 is 2.60 bits per heavy atom. The molecule has 1 aliphatic rings. The van der Waals surface area contributed by atoms with Crippen molar-refractivity contribution in [3.05, 3.63) is 0 Å². The van der Waals surface area contributed by atoms with Crippen LogP contribution in [0.5, 0.6) is 0 Å². The predicted octanol–water partition coefficient (Wildman–Crippen LogP) is 1.89. The van der Waals surface area contributed by atoms with Crippen LogP contribution in [0.15, 0.2) is 0 Å². The highest BCUT2D eigenvalue weighted by molar-refractivity contribution is 5.48. The van der Waals surface area contributed by atoms with Crippen molar-refractivity contribution in [2.75, 3.05) is 6.54 Å². The van der Waals surface area contributed by atoms with Gasteiger partial charge in [0.2, 0.25) is 6.41 Å². The maximum Gasteiger partial charge on any atom is 0.290 e. The van der Waals surface area contributed by atoms with Crippen LogP contribution in [-0.2, 0) is 9.59 Å². The highest BCUT2D eigenvalue weighted by atomic mass is 16.3. The van der Waals surface area contributed by atoms with Gasteiger partial charge in [-0.05, 0) is 19.3 Å². The molecule has 88 valence electrons. The molecule has 15 heavy (non-hydrogen) atoms. The number of unbranched alkanes of at least 4 members (excludes halogenated alkanes) is 2. The average molecular weight is 215 g/mol. The molecule has 0 saturated carbocycles. The Bertz CT molecular complexity index is 173. The van der Waals surface area contributed by atoms with Crippen LogP contribution in [0.1, 0.15) is 45.4 Å². The first-order chi connectivity index (χ1) is 7.29. The third kappa shape index (κ3) is 6.10. The molecule has 1 unspecified atom stereocenters. The molecule has 0 aromatic rings. The van der Waals surface area contributed by atoms with E-state index >= 15 is 0 Å². The Morgan fingerprint density at radius 1 is 1.40 bits per heavy atom. The fraction of sp³-hybridized carbons (Fsp3) is 0.818. The number of carbonyl (C=O) groups is 2. The largest absolute Gasteiger partial charge is 0.483 e. The topological polar surface area (TPSA) is 57.6 Å². The first kappa shape index (κ1) is 13.9. The van der Waals surface area contributed by atoms with Crippen molar-refractivity contribution in [3.8, 4) is 0 Å².